The van der Waals surface area contributed by atoms with E-state index in [0.29, 0.717) is 17.2 Å². The number of hydrogen-bond donors (Lipinski definition) is 1. The summed E-state index contributed by atoms with van der Waals surface area (Å²) in [5.41, 5.74) is 3.19. The molecule has 5 heteroatoms. The van der Waals surface area contributed by atoms with Crippen LogP contribution in [-0.2, 0) is 17.6 Å². The molecule has 29 heavy (non-hydrogen) atoms. The average Bonchev–Trinajstić information content (AvgIpc) is 2.72. The molecule has 2 rings (SSSR count). The molecule has 0 aliphatic carbocycles. The van der Waals surface area contributed by atoms with Gasteiger partial charge in [0.15, 0.2) is 11.5 Å². The zero-order chi connectivity index (χ0) is 21.4. The van der Waals surface area contributed by atoms with E-state index in [1.54, 1.807) is 27.4 Å². The highest BCUT2D eigenvalue weighted by Crippen LogP contribution is 2.40. The van der Waals surface area contributed by atoms with Crippen molar-refractivity contribution >= 4 is 5.91 Å². The van der Waals surface area contributed by atoms with Gasteiger partial charge in [-0.1, -0.05) is 57.5 Å². The minimum atomic E-state index is -0.0631. The van der Waals surface area contributed by atoms with Crippen LogP contribution in [0.15, 0.2) is 36.4 Å². The van der Waals surface area contributed by atoms with Crippen LogP contribution in [0.3, 0.4) is 0 Å². The van der Waals surface area contributed by atoms with E-state index in [0.717, 1.165) is 24.0 Å². The molecular formula is C24H33NO4. The molecular weight excluding hydrogens is 366 g/mol. The third kappa shape index (κ3) is 5.66. The second-order valence-electron chi connectivity index (χ2n) is 7.45. The third-order valence-corrected chi connectivity index (χ3v) is 5.00. The number of amides is 1. The number of aryl methyl sites for hydroxylation is 1. The number of ether oxygens (including phenoxy) is 3. The molecule has 0 aliphatic heterocycles. The van der Waals surface area contributed by atoms with Gasteiger partial charge >= 0.3 is 0 Å². The van der Waals surface area contributed by atoms with E-state index in [1.165, 1.54) is 5.56 Å². The quantitative estimate of drug-likeness (QED) is 0.628. The van der Waals surface area contributed by atoms with Crippen molar-refractivity contribution in [2.45, 2.75) is 46.1 Å². The number of nitrogens with one attached hydrogen (secondary N) is 1. The van der Waals surface area contributed by atoms with E-state index in [4.69, 9.17) is 14.2 Å². The normalized spacial score (nSPS) is 11.8. The standard InChI is InChI=1S/C24H33NO4/c1-7-8-17-9-11-18(12-10-17)22(16(2)3)25-21(26)15-19-13-14-20(27-4)24(29-6)23(19)28-5/h9-14,16,22H,7-8,15H2,1-6H3,(H,25,26). The van der Waals surface area contributed by atoms with E-state index in [1.807, 2.05) is 6.07 Å². The molecule has 0 spiro atoms. The summed E-state index contributed by atoms with van der Waals surface area (Å²) in [7, 11) is 4.69. The first-order chi connectivity index (χ1) is 13.9. The predicted molar refractivity (Wildman–Crippen MR) is 116 cm³/mol. The molecule has 0 heterocycles. The first-order valence-corrected chi connectivity index (χ1v) is 10.1. The first kappa shape index (κ1) is 22.6. The van der Waals surface area contributed by atoms with Crippen molar-refractivity contribution < 1.29 is 19.0 Å². The van der Waals surface area contributed by atoms with Crippen LogP contribution in [0.4, 0.5) is 0 Å². The molecule has 0 aromatic heterocycles. The molecule has 2 aromatic carbocycles. The minimum absolute atomic E-state index is 0.0516. The van der Waals surface area contributed by atoms with Gasteiger partial charge < -0.3 is 19.5 Å². The Morgan fingerprint density at radius 1 is 0.931 bits per heavy atom. The molecule has 1 N–H and O–H groups in total. The molecule has 1 amide bonds. The lowest BCUT2D eigenvalue weighted by molar-refractivity contribution is -0.121. The van der Waals surface area contributed by atoms with Crippen molar-refractivity contribution in [2.75, 3.05) is 21.3 Å². The highest BCUT2D eigenvalue weighted by molar-refractivity contribution is 5.80. The van der Waals surface area contributed by atoms with E-state index >= 15 is 0 Å². The fourth-order valence-corrected chi connectivity index (χ4v) is 3.52. The number of rotatable bonds is 10. The van der Waals surface area contributed by atoms with Crippen LogP contribution in [-0.4, -0.2) is 27.2 Å². The molecule has 0 saturated carbocycles. The largest absolute Gasteiger partial charge is 0.493 e. The predicted octanol–water partition coefficient (Wildman–Crippen LogP) is 4.72. The molecule has 0 fully saturated rings. The summed E-state index contributed by atoms with van der Waals surface area (Å²) in [5.74, 6) is 1.79. The van der Waals surface area contributed by atoms with Crippen LogP contribution in [0.5, 0.6) is 17.2 Å². The van der Waals surface area contributed by atoms with E-state index in [9.17, 15) is 4.79 Å². The van der Waals surface area contributed by atoms with Gasteiger partial charge in [0.1, 0.15) is 0 Å². The van der Waals surface area contributed by atoms with Gasteiger partial charge in [0, 0.05) is 5.56 Å². The average molecular weight is 400 g/mol. The summed E-state index contributed by atoms with van der Waals surface area (Å²) in [4.78, 5) is 12.9. The maximum absolute atomic E-state index is 12.9. The second-order valence-corrected chi connectivity index (χ2v) is 7.45. The maximum atomic E-state index is 12.9. The van der Waals surface area contributed by atoms with Crippen LogP contribution < -0.4 is 19.5 Å². The van der Waals surface area contributed by atoms with Crippen molar-refractivity contribution in [3.05, 3.63) is 53.1 Å². The van der Waals surface area contributed by atoms with Gasteiger partial charge in [0.25, 0.3) is 0 Å². The van der Waals surface area contributed by atoms with Crippen molar-refractivity contribution in [3.8, 4) is 17.2 Å². The van der Waals surface area contributed by atoms with Crippen LogP contribution in [0, 0.1) is 5.92 Å². The van der Waals surface area contributed by atoms with Gasteiger partial charge in [-0.2, -0.15) is 0 Å². The van der Waals surface area contributed by atoms with Crippen LogP contribution in [0.1, 0.15) is 49.9 Å². The monoisotopic (exact) mass is 399 g/mol. The summed E-state index contributed by atoms with van der Waals surface area (Å²) in [6.45, 7) is 6.40. The van der Waals surface area contributed by atoms with Gasteiger partial charge in [0.2, 0.25) is 11.7 Å². The van der Waals surface area contributed by atoms with E-state index < -0.39 is 0 Å². The molecule has 0 aliphatic rings. The minimum Gasteiger partial charge on any atom is -0.493 e. The summed E-state index contributed by atoms with van der Waals surface area (Å²) in [6.07, 6.45) is 2.38. The second kappa shape index (κ2) is 10.7. The van der Waals surface area contributed by atoms with Crippen molar-refractivity contribution in [2.24, 2.45) is 5.92 Å². The van der Waals surface area contributed by atoms with Gasteiger partial charge in [-0.25, -0.2) is 0 Å². The number of methoxy groups -OCH3 is 3. The maximum Gasteiger partial charge on any atom is 0.225 e. The Bertz CT molecular complexity index is 799. The van der Waals surface area contributed by atoms with Crippen molar-refractivity contribution in [1.29, 1.82) is 0 Å². The highest BCUT2D eigenvalue weighted by atomic mass is 16.5. The molecule has 1 unspecified atom stereocenters. The number of hydrogen-bond acceptors (Lipinski definition) is 4. The zero-order valence-corrected chi connectivity index (χ0v) is 18.4. The smallest absolute Gasteiger partial charge is 0.225 e. The number of carbonyl (C=O) groups is 1. The lowest BCUT2D eigenvalue weighted by Crippen LogP contribution is -2.33. The Hall–Kier alpha value is -2.69. The molecule has 158 valence electrons. The zero-order valence-electron chi connectivity index (χ0n) is 18.4. The van der Waals surface area contributed by atoms with Crippen LogP contribution >= 0.6 is 0 Å². The third-order valence-electron chi connectivity index (χ3n) is 5.00. The summed E-state index contributed by atoms with van der Waals surface area (Å²) >= 11 is 0. The van der Waals surface area contributed by atoms with Crippen molar-refractivity contribution in [3.63, 3.8) is 0 Å². The summed E-state index contributed by atoms with van der Waals surface area (Å²) < 4.78 is 16.2. The van der Waals surface area contributed by atoms with E-state index in [-0.39, 0.29) is 24.3 Å². The van der Waals surface area contributed by atoms with Gasteiger partial charge in [0.05, 0.1) is 33.8 Å². The highest BCUT2D eigenvalue weighted by Gasteiger charge is 2.21. The molecule has 0 bridgehead atoms. The Morgan fingerprint density at radius 2 is 1.59 bits per heavy atom. The first-order valence-electron chi connectivity index (χ1n) is 10.1. The van der Waals surface area contributed by atoms with Crippen LogP contribution in [0.2, 0.25) is 0 Å². The van der Waals surface area contributed by atoms with Gasteiger partial charge in [-0.15, -0.1) is 0 Å². The lowest BCUT2D eigenvalue weighted by atomic mass is 9.94. The molecule has 1 atom stereocenters. The summed E-state index contributed by atoms with van der Waals surface area (Å²) in [6, 6.07) is 12.1. The van der Waals surface area contributed by atoms with Crippen molar-refractivity contribution in [1.82, 2.24) is 5.32 Å². The Labute approximate surface area is 174 Å². The van der Waals surface area contributed by atoms with Gasteiger partial charge in [-0.05, 0) is 29.5 Å². The Balaban J connectivity index is 2.19. The summed E-state index contributed by atoms with van der Waals surface area (Å²) in [5, 5.41) is 3.18. The molecule has 2 aromatic rings. The molecule has 5 nitrogen and oxygen atoms in total. The number of benzene rings is 2. The topological polar surface area (TPSA) is 56.8 Å². The molecule has 0 radical (unpaired) electrons. The van der Waals surface area contributed by atoms with E-state index in [2.05, 4.69) is 50.4 Å². The lowest BCUT2D eigenvalue weighted by Gasteiger charge is -2.24. The fourth-order valence-electron chi connectivity index (χ4n) is 3.52. The number of carbonyl (C=O) groups excluding carboxylic acids is 1. The molecule has 0 saturated heterocycles. The Morgan fingerprint density at radius 3 is 2.10 bits per heavy atom. The van der Waals surface area contributed by atoms with Gasteiger partial charge in [-0.3, -0.25) is 4.79 Å². The Kier molecular flexibility index (Phi) is 8.37. The SMILES string of the molecule is CCCc1ccc(C(NC(=O)Cc2ccc(OC)c(OC)c2OC)C(C)C)cc1. The fraction of sp³-hybridized carbons (Fsp3) is 0.458. The van der Waals surface area contributed by atoms with Crippen LogP contribution in [0.25, 0.3) is 0 Å².